The molecule has 0 bridgehead atoms. The van der Waals surface area contributed by atoms with Gasteiger partial charge >= 0.3 is 5.97 Å². The van der Waals surface area contributed by atoms with Crippen LogP contribution >= 0.6 is 0 Å². The lowest BCUT2D eigenvalue weighted by molar-refractivity contribution is -0.140. The Morgan fingerprint density at radius 1 is 1.28 bits per heavy atom. The highest BCUT2D eigenvalue weighted by atomic mass is 19.1. The van der Waals surface area contributed by atoms with Crippen LogP contribution in [-0.2, 0) is 9.53 Å². The van der Waals surface area contributed by atoms with Crippen molar-refractivity contribution in [1.29, 1.82) is 0 Å². The third-order valence-electron chi connectivity index (χ3n) is 2.60. The Labute approximate surface area is 107 Å². The fraction of sp³-hybridized carbons (Fsp3) is 0.500. The number of halogens is 1. The zero-order valence-electron chi connectivity index (χ0n) is 10.9. The third kappa shape index (κ3) is 5.17. The van der Waals surface area contributed by atoms with E-state index >= 15 is 0 Å². The molecule has 0 amide bonds. The average molecular weight is 254 g/mol. The van der Waals surface area contributed by atoms with Gasteiger partial charge in [0.15, 0.2) is 11.6 Å². The zero-order valence-corrected chi connectivity index (χ0v) is 10.9. The van der Waals surface area contributed by atoms with Crippen molar-refractivity contribution in [2.45, 2.75) is 32.6 Å². The summed E-state index contributed by atoms with van der Waals surface area (Å²) in [7, 11) is 1.38. The van der Waals surface area contributed by atoms with E-state index in [4.69, 9.17) is 4.74 Å². The van der Waals surface area contributed by atoms with Crippen molar-refractivity contribution >= 4 is 5.97 Å². The van der Waals surface area contributed by atoms with Crippen LogP contribution in [0.3, 0.4) is 0 Å². The van der Waals surface area contributed by atoms with Crippen molar-refractivity contribution in [1.82, 2.24) is 0 Å². The maximum atomic E-state index is 13.3. The molecule has 0 spiro atoms. The molecule has 0 aliphatic carbocycles. The summed E-state index contributed by atoms with van der Waals surface area (Å²) in [6.07, 6.45) is 2.86. The Balaban J connectivity index is 2.18. The standard InChI is InChI=1S/C14H19FO3/c1-11-7-8-12(15)13(10-11)18-9-5-3-4-6-14(16)17-2/h7-8,10H,3-6,9H2,1-2H3. The van der Waals surface area contributed by atoms with Crippen molar-refractivity contribution in [3.8, 4) is 5.75 Å². The fourth-order valence-electron chi connectivity index (χ4n) is 1.55. The Morgan fingerprint density at radius 2 is 2.06 bits per heavy atom. The van der Waals surface area contributed by atoms with E-state index in [1.54, 1.807) is 12.1 Å². The van der Waals surface area contributed by atoms with Crippen molar-refractivity contribution in [2.75, 3.05) is 13.7 Å². The fourth-order valence-corrected chi connectivity index (χ4v) is 1.55. The van der Waals surface area contributed by atoms with E-state index in [-0.39, 0.29) is 11.8 Å². The van der Waals surface area contributed by atoms with Gasteiger partial charge in [0.1, 0.15) is 0 Å². The molecule has 1 aromatic carbocycles. The van der Waals surface area contributed by atoms with Crippen LogP contribution in [0.5, 0.6) is 5.75 Å². The molecule has 1 aromatic rings. The monoisotopic (exact) mass is 254 g/mol. The van der Waals surface area contributed by atoms with Crippen molar-refractivity contribution in [3.63, 3.8) is 0 Å². The average Bonchev–Trinajstić information content (AvgIpc) is 2.37. The molecule has 100 valence electrons. The number of hydrogen-bond acceptors (Lipinski definition) is 3. The van der Waals surface area contributed by atoms with Crippen LogP contribution < -0.4 is 4.74 Å². The molecule has 0 unspecified atom stereocenters. The van der Waals surface area contributed by atoms with Crippen molar-refractivity contribution < 1.29 is 18.7 Å². The van der Waals surface area contributed by atoms with Gasteiger partial charge in [-0.3, -0.25) is 4.79 Å². The minimum Gasteiger partial charge on any atom is -0.491 e. The van der Waals surface area contributed by atoms with E-state index in [1.807, 2.05) is 6.92 Å². The molecule has 0 radical (unpaired) electrons. The highest BCUT2D eigenvalue weighted by molar-refractivity contribution is 5.68. The minimum atomic E-state index is -0.338. The van der Waals surface area contributed by atoms with Gasteiger partial charge in [-0.05, 0) is 43.9 Å². The molecular weight excluding hydrogens is 235 g/mol. The second-order valence-electron chi connectivity index (χ2n) is 4.17. The van der Waals surface area contributed by atoms with E-state index in [1.165, 1.54) is 13.2 Å². The number of esters is 1. The molecule has 3 nitrogen and oxygen atoms in total. The lowest BCUT2D eigenvalue weighted by atomic mass is 10.2. The predicted octanol–water partition coefficient (Wildman–Crippen LogP) is 3.25. The number of carbonyl (C=O) groups excluding carboxylic acids is 1. The number of unbranched alkanes of at least 4 members (excludes halogenated alkanes) is 2. The highest BCUT2D eigenvalue weighted by Crippen LogP contribution is 2.18. The van der Waals surface area contributed by atoms with Crippen LogP contribution in [0.15, 0.2) is 18.2 Å². The molecule has 0 aromatic heterocycles. The maximum absolute atomic E-state index is 13.3. The van der Waals surface area contributed by atoms with Crippen molar-refractivity contribution in [2.24, 2.45) is 0 Å². The summed E-state index contributed by atoms with van der Waals surface area (Å²) in [6.45, 7) is 2.35. The highest BCUT2D eigenvalue weighted by Gasteiger charge is 2.03. The van der Waals surface area contributed by atoms with Gasteiger partial charge in [0.2, 0.25) is 0 Å². The molecule has 0 fully saturated rings. The zero-order chi connectivity index (χ0) is 13.4. The largest absolute Gasteiger partial charge is 0.491 e. The maximum Gasteiger partial charge on any atom is 0.305 e. The predicted molar refractivity (Wildman–Crippen MR) is 67.1 cm³/mol. The van der Waals surface area contributed by atoms with E-state index < -0.39 is 0 Å². The summed E-state index contributed by atoms with van der Waals surface area (Å²) in [4.78, 5) is 10.8. The first-order chi connectivity index (χ1) is 8.63. The van der Waals surface area contributed by atoms with Gasteiger partial charge in [-0.2, -0.15) is 0 Å². The number of ether oxygens (including phenoxy) is 2. The summed E-state index contributed by atoms with van der Waals surface area (Å²) >= 11 is 0. The molecule has 0 heterocycles. The smallest absolute Gasteiger partial charge is 0.305 e. The third-order valence-corrected chi connectivity index (χ3v) is 2.60. The van der Waals surface area contributed by atoms with E-state index in [2.05, 4.69) is 4.74 Å². The van der Waals surface area contributed by atoms with Gasteiger partial charge in [-0.1, -0.05) is 6.07 Å². The summed E-state index contributed by atoms with van der Waals surface area (Å²) in [6, 6.07) is 4.80. The summed E-state index contributed by atoms with van der Waals surface area (Å²) in [5.41, 5.74) is 0.970. The van der Waals surface area contributed by atoms with Crippen LogP contribution in [0.2, 0.25) is 0 Å². The Hall–Kier alpha value is -1.58. The van der Waals surface area contributed by atoms with Gasteiger partial charge in [0, 0.05) is 6.42 Å². The summed E-state index contributed by atoms with van der Waals surface area (Å²) < 4.78 is 23.2. The van der Waals surface area contributed by atoms with Crippen molar-refractivity contribution in [3.05, 3.63) is 29.6 Å². The molecule has 0 atom stereocenters. The Morgan fingerprint density at radius 3 is 2.78 bits per heavy atom. The lowest BCUT2D eigenvalue weighted by Gasteiger charge is -2.07. The molecule has 0 aliphatic rings. The van der Waals surface area contributed by atoms with Gasteiger partial charge in [0.25, 0.3) is 0 Å². The first-order valence-electron chi connectivity index (χ1n) is 6.09. The molecule has 1 rings (SSSR count). The number of benzene rings is 1. The summed E-state index contributed by atoms with van der Waals surface area (Å²) in [5, 5.41) is 0. The van der Waals surface area contributed by atoms with Crippen LogP contribution in [-0.4, -0.2) is 19.7 Å². The quantitative estimate of drug-likeness (QED) is 0.553. The number of methoxy groups -OCH3 is 1. The normalized spacial score (nSPS) is 10.2. The van der Waals surface area contributed by atoms with Crippen LogP contribution in [0.1, 0.15) is 31.2 Å². The molecule has 0 saturated heterocycles. The Kier molecular flexibility index (Phi) is 6.19. The van der Waals surface area contributed by atoms with Crippen LogP contribution in [0, 0.1) is 12.7 Å². The second kappa shape index (κ2) is 7.69. The van der Waals surface area contributed by atoms with Gasteiger partial charge in [-0.15, -0.1) is 0 Å². The summed E-state index contributed by atoms with van der Waals surface area (Å²) in [5.74, 6) is -0.237. The number of aryl methyl sites for hydroxylation is 1. The van der Waals surface area contributed by atoms with Crippen LogP contribution in [0.4, 0.5) is 4.39 Å². The SMILES string of the molecule is COC(=O)CCCCCOc1cc(C)ccc1F. The number of rotatable bonds is 7. The lowest BCUT2D eigenvalue weighted by Crippen LogP contribution is -2.02. The van der Waals surface area contributed by atoms with Gasteiger partial charge in [-0.25, -0.2) is 4.39 Å². The minimum absolute atomic E-state index is 0.194. The number of carbonyl (C=O) groups is 1. The topological polar surface area (TPSA) is 35.5 Å². The number of hydrogen-bond donors (Lipinski definition) is 0. The van der Waals surface area contributed by atoms with Gasteiger partial charge < -0.3 is 9.47 Å². The van der Waals surface area contributed by atoms with Gasteiger partial charge in [0.05, 0.1) is 13.7 Å². The van der Waals surface area contributed by atoms with E-state index in [0.29, 0.717) is 18.8 Å². The van der Waals surface area contributed by atoms with Crippen LogP contribution in [0.25, 0.3) is 0 Å². The molecule has 0 N–H and O–H groups in total. The second-order valence-corrected chi connectivity index (χ2v) is 4.17. The molecular formula is C14H19FO3. The first-order valence-corrected chi connectivity index (χ1v) is 6.09. The molecule has 0 aliphatic heterocycles. The molecule has 0 saturated carbocycles. The first kappa shape index (κ1) is 14.5. The van der Waals surface area contributed by atoms with E-state index in [9.17, 15) is 9.18 Å². The van der Waals surface area contributed by atoms with E-state index in [0.717, 1.165) is 24.8 Å². The Bertz CT molecular complexity index is 391. The molecule has 4 heteroatoms. The molecule has 18 heavy (non-hydrogen) atoms.